The fraction of sp³-hybridized carbons (Fsp3) is 1.00. The molecule has 1 nitrogen and oxygen atoms in total. The van der Waals surface area contributed by atoms with E-state index in [-0.39, 0.29) is 0 Å². The minimum atomic E-state index is 0.403. The maximum atomic E-state index is 5.85. The van der Waals surface area contributed by atoms with Gasteiger partial charge in [0.25, 0.3) is 0 Å². The maximum Gasteiger partial charge on any atom is 0.00414 e. The molecule has 2 N–H and O–H groups in total. The molecule has 0 heterocycles. The summed E-state index contributed by atoms with van der Waals surface area (Å²) < 4.78 is 0. The lowest BCUT2D eigenvalue weighted by Crippen LogP contribution is -2.27. The van der Waals surface area contributed by atoms with Gasteiger partial charge in [-0.25, -0.2) is 0 Å². The summed E-state index contributed by atoms with van der Waals surface area (Å²) in [5, 5.41) is 0. The van der Waals surface area contributed by atoms with Gasteiger partial charge in [-0.1, -0.05) is 20.3 Å². The van der Waals surface area contributed by atoms with Gasteiger partial charge in [-0.15, -0.1) is 0 Å². The second-order valence-corrected chi connectivity index (χ2v) is 3.81. The smallest absolute Gasteiger partial charge is 0.00414 e. The molecular formula is C9H19N. The average molecular weight is 141 g/mol. The third-order valence-corrected chi connectivity index (χ3v) is 2.87. The van der Waals surface area contributed by atoms with E-state index in [0.29, 0.717) is 6.04 Å². The summed E-state index contributed by atoms with van der Waals surface area (Å²) in [7, 11) is 0. The van der Waals surface area contributed by atoms with Gasteiger partial charge in [-0.3, -0.25) is 0 Å². The molecule has 60 valence electrons. The van der Waals surface area contributed by atoms with Crippen LogP contribution in [0.5, 0.6) is 0 Å². The zero-order valence-corrected chi connectivity index (χ0v) is 7.30. The van der Waals surface area contributed by atoms with Gasteiger partial charge in [-0.2, -0.15) is 0 Å². The largest absolute Gasteiger partial charge is 0.328 e. The van der Waals surface area contributed by atoms with Crippen LogP contribution in [0.1, 0.15) is 33.6 Å². The topological polar surface area (TPSA) is 26.0 Å². The molecule has 1 aliphatic carbocycles. The molecule has 1 aliphatic rings. The molecule has 4 atom stereocenters. The van der Waals surface area contributed by atoms with Gasteiger partial charge in [0.15, 0.2) is 0 Å². The molecule has 2 unspecified atom stereocenters. The number of nitrogens with two attached hydrogens (primary N) is 1. The third-order valence-electron chi connectivity index (χ3n) is 2.87. The van der Waals surface area contributed by atoms with E-state index in [9.17, 15) is 0 Å². The highest BCUT2D eigenvalue weighted by molar-refractivity contribution is 4.90. The van der Waals surface area contributed by atoms with E-state index >= 15 is 0 Å². The van der Waals surface area contributed by atoms with Crippen molar-refractivity contribution in [1.29, 1.82) is 0 Å². The molecule has 0 aliphatic heterocycles. The van der Waals surface area contributed by atoms with Gasteiger partial charge in [0.2, 0.25) is 0 Å². The molecule has 10 heavy (non-hydrogen) atoms. The van der Waals surface area contributed by atoms with Crippen molar-refractivity contribution >= 4 is 0 Å². The lowest BCUT2D eigenvalue weighted by molar-refractivity contribution is 0.366. The Morgan fingerprint density at radius 1 is 1.60 bits per heavy atom. The van der Waals surface area contributed by atoms with E-state index < -0.39 is 0 Å². The van der Waals surface area contributed by atoms with Gasteiger partial charge in [-0.05, 0) is 31.1 Å². The molecule has 0 saturated heterocycles. The second kappa shape index (κ2) is 2.91. The Kier molecular flexibility index (Phi) is 2.35. The summed E-state index contributed by atoms with van der Waals surface area (Å²) in [4.78, 5) is 0. The van der Waals surface area contributed by atoms with Crippen molar-refractivity contribution < 1.29 is 0 Å². The van der Waals surface area contributed by atoms with Crippen LogP contribution >= 0.6 is 0 Å². The Bertz CT molecular complexity index is 109. The van der Waals surface area contributed by atoms with Gasteiger partial charge >= 0.3 is 0 Å². The van der Waals surface area contributed by atoms with Crippen molar-refractivity contribution in [1.82, 2.24) is 0 Å². The zero-order chi connectivity index (χ0) is 7.72. The van der Waals surface area contributed by atoms with Crippen molar-refractivity contribution in [3.63, 3.8) is 0 Å². The van der Waals surface area contributed by atoms with Crippen LogP contribution in [0.15, 0.2) is 0 Å². The van der Waals surface area contributed by atoms with Crippen LogP contribution in [0.3, 0.4) is 0 Å². The Labute approximate surface area is 64.0 Å². The first-order valence-corrected chi connectivity index (χ1v) is 4.42. The normalized spacial score (nSPS) is 37.2. The zero-order valence-electron chi connectivity index (χ0n) is 7.30. The van der Waals surface area contributed by atoms with Crippen LogP contribution in [0.25, 0.3) is 0 Å². The predicted molar refractivity (Wildman–Crippen MR) is 44.7 cm³/mol. The highest BCUT2D eigenvalue weighted by Gasteiger charge is 2.39. The Morgan fingerprint density at radius 3 is 2.20 bits per heavy atom. The highest BCUT2D eigenvalue weighted by Crippen LogP contribution is 2.45. The number of hydrogen-bond donors (Lipinski definition) is 1. The standard InChI is InChI=1S/C9H19N/c1-4-8(7(3)10)9-5-6(9)2/h6-9H,4-5,10H2,1-3H3/t6-,7-,8?,9?/m1/s1. The van der Waals surface area contributed by atoms with E-state index in [4.69, 9.17) is 5.73 Å². The van der Waals surface area contributed by atoms with Crippen LogP contribution in [0.2, 0.25) is 0 Å². The monoisotopic (exact) mass is 141 g/mol. The summed E-state index contributed by atoms with van der Waals surface area (Å²) in [6, 6.07) is 0.403. The molecule has 1 heteroatoms. The van der Waals surface area contributed by atoms with Gasteiger partial charge < -0.3 is 5.73 Å². The first-order valence-electron chi connectivity index (χ1n) is 4.42. The molecule has 0 radical (unpaired) electrons. The Morgan fingerprint density at radius 2 is 2.10 bits per heavy atom. The van der Waals surface area contributed by atoms with Gasteiger partial charge in [0, 0.05) is 6.04 Å². The maximum absolute atomic E-state index is 5.85. The SMILES string of the molecule is CCC(C1C[C@H]1C)[C@@H](C)N. The number of hydrogen-bond acceptors (Lipinski definition) is 1. The lowest BCUT2D eigenvalue weighted by atomic mass is 9.93. The molecule has 0 aromatic rings. The van der Waals surface area contributed by atoms with E-state index in [1.165, 1.54) is 12.8 Å². The van der Waals surface area contributed by atoms with Crippen molar-refractivity contribution in [2.24, 2.45) is 23.5 Å². The molecule has 1 saturated carbocycles. The van der Waals surface area contributed by atoms with Crippen molar-refractivity contribution in [2.45, 2.75) is 39.7 Å². The summed E-state index contributed by atoms with van der Waals surface area (Å²) >= 11 is 0. The summed E-state index contributed by atoms with van der Waals surface area (Å²) in [5.74, 6) is 2.69. The van der Waals surface area contributed by atoms with E-state index in [0.717, 1.165) is 17.8 Å². The predicted octanol–water partition coefficient (Wildman–Crippen LogP) is 2.02. The molecular weight excluding hydrogens is 122 g/mol. The third kappa shape index (κ3) is 1.51. The van der Waals surface area contributed by atoms with Crippen molar-refractivity contribution in [2.75, 3.05) is 0 Å². The molecule has 0 aromatic heterocycles. The molecule has 1 rings (SSSR count). The fourth-order valence-corrected chi connectivity index (χ4v) is 2.01. The molecule has 0 spiro atoms. The quantitative estimate of drug-likeness (QED) is 0.639. The van der Waals surface area contributed by atoms with Crippen LogP contribution < -0.4 is 5.73 Å². The minimum absolute atomic E-state index is 0.403. The van der Waals surface area contributed by atoms with Crippen LogP contribution in [0.4, 0.5) is 0 Å². The number of rotatable bonds is 3. The van der Waals surface area contributed by atoms with E-state index in [1.807, 2.05) is 0 Å². The first kappa shape index (κ1) is 8.06. The highest BCUT2D eigenvalue weighted by atomic mass is 14.7. The van der Waals surface area contributed by atoms with Crippen molar-refractivity contribution in [3.8, 4) is 0 Å². The first-order chi connectivity index (χ1) is 4.66. The van der Waals surface area contributed by atoms with Gasteiger partial charge in [0.1, 0.15) is 0 Å². The molecule has 0 bridgehead atoms. The van der Waals surface area contributed by atoms with E-state index in [1.54, 1.807) is 0 Å². The summed E-state index contributed by atoms with van der Waals surface area (Å²) in [6.07, 6.45) is 2.67. The van der Waals surface area contributed by atoms with Crippen molar-refractivity contribution in [3.05, 3.63) is 0 Å². The van der Waals surface area contributed by atoms with Crippen LogP contribution in [-0.2, 0) is 0 Å². The van der Waals surface area contributed by atoms with Crippen LogP contribution in [-0.4, -0.2) is 6.04 Å². The van der Waals surface area contributed by atoms with Crippen LogP contribution in [0, 0.1) is 17.8 Å². The average Bonchev–Trinajstić information content (AvgIpc) is 2.48. The fourth-order valence-electron chi connectivity index (χ4n) is 2.01. The molecule has 0 amide bonds. The molecule has 0 aromatic carbocycles. The lowest BCUT2D eigenvalue weighted by Gasteiger charge is -2.18. The van der Waals surface area contributed by atoms with Gasteiger partial charge in [0.05, 0.1) is 0 Å². The Balaban J connectivity index is 2.34. The summed E-state index contributed by atoms with van der Waals surface area (Å²) in [6.45, 7) is 6.72. The Hall–Kier alpha value is -0.0400. The summed E-state index contributed by atoms with van der Waals surface area (Å²) in [5.41, 5.74) is 5.85. The molecule has 1 fully saturated rings. The minimum Gasteiger partial charge on any atom is -0.328 e. The van der Waals surface area contributed by atoms with E-state index in [2.05, 4.69) is 20.8 Å². The second-order valence-electron chi connectivity index (χ2n) is 3.81.